The van der Waals surface area contributed by atoms with E-state index in [-0.39, 0.29) is 12.4 Å². The summed E-state index contributed by atoms with van der Waals surface area (Å²) in [7, 11) is 0. The van der Waals surface area contributed by atoms with Crippen molar-refractivity contribution in [2.24, 2.45) is 0 Å². The van der Waals surface area contributed by atoms with Crippen LogP contribution in [0.1, 0.15) is 11.3 Å². The first-order chi connectivity index (χ1) is 7.56. The van der Waals surface area contributed by atoms with Gasteiger partial charge >= 0.3 is 5.97 Å². The van der Waals surface area contributed by atoms with Crippen molar-refractivity contribution in [2.45, 2.75) is 13.3 Å². The number of aromatic nitrogens is 2. The molecule has 0 bridgehead atoms. The number of anilines is 1. The van der Waals surface area contributed by atoms with Crippen LogP contribution in [0.4, 0.5) is 5.95 Å². The number of aryl methyl sites for hydroxylation is 1. The molecule has 0 aliphatic rings. The minimum absolute atomic E-state index is 0.104. The summed E-state index contributed by atoms with van der Waals surface area (Å²) in [6, 6.07) is 5.58. The molecule has 5 heteroatoms. The summed E-state index contributed by atoms with van der Waals surface area (Å²) in [6.07, 6.45) is -0.146. The monoisotopic (exact) mass is 217 g/mol. The van der Waals surface area contributed by atoms with E-state index in [1.54, 1.807) is 0 Å². The van der Waals surface area contributed by atoms with Crippen LogP contribution < -0.4 is 5.73 Å². The third-order valence-electron chi connectivity index (χ3n) is 2.27. The van der Waals surface area contributed by atoms with Crippen LogP contribution in [-0.2, 0) is 11.2 Å². The number of aliphatic carboxylic acids is 1. The number of hydrogen-bond acceptors (Lipinski definition) is 4. The maximum atomic E-state index is 10.7. The highest BCUT2D eigenvalue weighted by Crippen LogP contribution is 2.18. The number of rotatable bonds is 2. The van der Waals surface area contributed by atoms with E-state index in [1.165, 1.54) is 0 Å². The van der Waals surface area contributed by atoms with E-state index in [1.807, 2.05) is 25.1 Å². The third kappa shape index (κ3) is 1.93. The first-order valence-corrected chi connectivity index (χ1v) is 4.81. The van der Waals surface area contributed by atoms with Crippen molar-refractivity contribution in [3.05, 3.63) is 29.5 Å². The van der Waals surface area contributed by atoms with E-state index in [0.29, 0.717) is 11.2 Å². The van der Waals surface area contributed by atoms with Gasteiger partial charge < -0.3 is 10.8 Å². The molecule has 0 aliphatic carbocycles. The minimum Gasteiger partial charge on any atom is -0.481 e. The lowest BCUT2D eigenvalue weighted by atomic mass is 10.1. The number of carboxylic acid groups (broad SMARTS) is 1. The molecule has 82 valence electrons. The fraction of sp³-hybridized carbons (Fsp3) is 0.182. The van der Waals surface area contributed by atoms with Gasteiger partial charge in [0, 0.05) is 5.39 Å². The van der Waals surface area contributed by atoms with Crippen LogP contribution >= 0.6 is 0 Å². The Morgan fingerprint density at radius 1 is 1.44 bits per heavy atom. The van der Waals surface area contributed by atoms with E-state index in [2.05, 4.69) is 9.97 Å². The molecule has 1 heterocycles. The molecule has 1 aromatic carbocycles. The van der Waals surface area contributed by atoms with Crippen LogP contribution in [0.5, 0.6) is 0 Å². The Labute approximate surface area is 91.9 Å². The molecular weight excluding hydrogens is 206 g/mol. The lowest BCUT2D eigenvalue weighted by molar-refractivity contribution is -0.136. The largest absolute Gasteiger partial charge is 0.481 e. The standard InChI is InChI=1S/C11H11N3O2/c1-6-2-3-8-7(4-6)9(5-10(15)16)14-11(12)13-8/h2-4H,5H2,1H3,(H,15,16)(H2,12,13,14). The molecule has 5 nitrogen and oxygen atoms in total. The molecule has 0 fully saturated rings. The van der Waals surface area contributed by atoms with E-state index in [9.17, 15) is 4.79 Å². The molecule has 3 N–H and O–H groups in total. The lowest BCUT2D eigenvalue weighted by Crippen LogP contribution is -2.06. The number of nitrogen functional groups attached to an aromatic ring is 1. The maximum absolute atomic E-state index is 10.7. The van der Waals surface area contributed by atoms with Crippen LogP contribution in [0.15, 0.2) is 18.2 Å². The van der Waals surface area contributed by atoms with E-state index < -0.39 is 5.97 Å². The summed E-state index contributed by atoms with van der Waals surface area (Å²) in [6.45, 7) is 1.93. The van der Waals surface area contributed by atoms with Gasteiger partial charge in [-0.25, -0.2) is 9.97 Å². The average Bonchev–Trinajstić information content (AvgIpc) is 2.18. The van der Waals surface area contributed by atoms with Crippen LogP contribution in [0.25, 0.3) is 10.9 Å². The van der Waals surface area contributed by atoms with E-state index >= 15 is 0 Å². The molecule has 0 saturated carbocycles. The summed E-state index contributed by atoms with van der Waals surface area (Å²) < 4.78 is 0. The number of carboxylic acids is 1. The van der Waals surface area contributed by atoms with Crippen LogP contribution in [0.2, 0.25) is 0 Å². The zero-order valence-corrected chi connectivity index (χ0v) is 8.77. The van der Waals surface area contributed by atoms with Crippen molar-refractivity contribution >= 4 is 22.8 Å². The van der Waals surface area contributed by atoms with Crippen molar-refractivity contribution in [3.63, 3.8) is 0 Å². The first-order valence-electron chi connectivity index (χ1n) is 4.81. The van der Waals surface area contributed by atoms with Gasteiger partial charge in [0.2, 0.25) is 5.95 Å². The molecule has 0 saturated heterocycles. The van der Waals surface area contributed by atoms with Crippen LogP contribution in [0.3, 0.4) is 0 Å². The summed E-state index contributed by atoms with van der Waals surface area (Å²) in [5, 5.41) is 9.53. The number of benzene rings is 1. The first kappa shape index (κ1) is 10.4. The van der Waals surface area contributed by atoms with Gasteiger partial charge in [0.05, 0.1) is 17.6 Å². The topological polar surface area (TPSA) is 89.1 Å². The maximum Gasteiger partial charge on any atom is 0.309 e. The molecule has 0 unspecified atom stereocenters. The third-order valence-corrected chi connectivity index (χ3v) is 2.27. The predicted octanol–water partition coefficient (Wildman–Crippen LogP) is 1.15. The molecule has 2 rings (SSSR count). The van der Waals surface area contributed by atoms with Crippen molar-refractivity contribution in [1.82, 2.24) is 9.97 Å². The highest BCUT2D eigenvalue weighted by atomic mass is 16.4. The Morgan fingerprint density at radius 3 is 2.88 bits per heavy atom. The van der Waals surface area contributed by atoms with Gasteiger partial charge in [-0.2, -0.15) is 0 Å². The van der Waals surface area contributed by atoms with Crippen LogP contribution in [-0.4, -0.2) is 21.0 Å². The molecule has 2 aromatic rings. The Bertz CT molecular complexity index is 566. The van der Waals surface area contributed by atoms with Crippen molar-refractivity contribution in [3.8, 4) is 0 Å². The molecule has 0 radical (unpaired) electrons. The molecule has 0 amide bonds. The fourth-order valence-corrected chi connectivity index (χ4v) is 1.60. The highest BCUT2D eigenvalue weighted by Gasteiger charge is 2.09. The summed E-state index contributed by atoms with van der Waals surface area (Å²) in [5.41, 5.74) is 7.69. The van der Waals surface area contributed by atoms with E-state index in [0.717, 1.165) is 10.9 Å². The zero-order chi connectivity index (χ0) is 11.7. The quantitative estimate of drug-likeness (QED) is 0.787. The minimum atomic E-state index is -0.930. The van der Waals surface area contributed by atoms with E-state index in [4.69, 9.17) is 10.8 Å². The van der Waals surface area contributed by atoms with Gasteiger partial charge in [-0.15, -0.1) is 0 Å². The van der Waals surface area contributed by atoms with Gasteiger partial charge in [0.25, 0.3) is 0 Å². The van der Waals surface area contributed by atoms with Gasteiger partial charge in [-0.1, -0.05) is 11.6 Å². The molecule has 0 atom stereocenters. The van der Waals surface area contributed by atoms with Gasteiger partial charge in [-0.3, -0.25) is 4.79 Å². The smallest absolute Gasteiger partial charge is 0.309 e. The predicted molar refractivity (Wildman–Crippen MR) is 60.0 cm³/mol. The Hall–Kier alpha value is -2.17. The summed E-state index contributed by atoms with van der Waals surface area (Å²) in [4.78, 5) is 18.7. The number of nitrogens with zero attached hydrogens (tertiary/aromatic N) is 2. The SMILES string of the molecule is Cc1ccc2nc(N)nc(CC(=O)O)c2c1. The second-order valence-electron chi connectivity index (χ2n) is 3.62. The van der Waals surface area contributed by atoms with Gasteiger partial charge in [-0.05, 0) is 19.1 Å². The number of nitrogens with two attached hydrogens (primary N) is 1. The second-order valence-corrected chi connectivity index (χ2v) is 3.62. The highest BCUT2D eigenvalue weighted by molar-refractivity contribution is 5.85. The summed E-state index contributed by atoms with van der Waals surface area (Å²) >= 11 is 0. The molecular formula is C11H11N3O2. The van der Waals surface area contributed by atoms with Gasteiger partial charge in [0.1, 0.15) is 0 Å². The van der Waals surface area contributed by atoms with Crippen LogP contribution in [0, 0.1) is 6.92 Å². The van der Waals surface area contributed by atoms with Crippen molar-refractivity contribution in [2.75, 3.05) is 5.73 Å². The van der Waals surface area contributed by atoms with Crippen molar-refractivity contribution in [1.29, 1.82) is 0 Å². The van der Waals surface area contributed by atoms with Crippen molar-refractivity contribution < 1.29 is 9.90 Å². The molecule has 1 aromatic heterocycles. The summed E-state index contributed by atoms with van der Waals surface area (Å²) in [5.74, 6) is -0.825. The number of hydrogen-bond donors (Lipinski definition) is 2. The Morgan fingerprint density at radius 2 is 2.19 bits per heavy atom. The second kappa shape index (κ2) is 3.77. The molecule has 16 heavy (non-hydrogen) atoms. The number of carbonyl (C=O) groups is 1. The normalized spacial score (nSPS) is 10.6. The zero-order valence-electron chi connectivity index (χ0n) is 8.77. The molecule has 0 spiro atoms. The fourth-order valence-electron chi connectivity index (χ4n) is 1.60. The average molecular weight is 217 g/mol. The Kier molecular flexibility index (Phi) is 2.44. The van der Waals surface area contributed by atoms with Gasteiger partial charge in [0.15, 0.2) is 0 Å². The number of fused-ring (bicyclic) bond motifs is 1. The lowest BCUT2D eigenvalue weighted by Gasteiger charge is -2.05. The Balaban J connectivity index is 2.69. The molecule has 0 aliphatic heterocycles.